The highest BCUT2D eigenvalue weighted by Gasteiger charge is 2.35. The van der Waals surface area contributed by atoms with E-state index in [1.165, 1.54) is 28.1 Å². The van der Waals surface area contributed by atoms with Crippen molar-refractivity contribution in [2.75, 3.05) is 22.3 Å². The van der Waals surface area contributed by atoms with E-state index in [2.05, 4.69) is 14.7 Å². The van der Waals surface area contributed by atoms with Crippen LogP contribution in [0.25, 0.3) is 0 Å². The number of nitrogens with two attached hydrogens (primary N) is 1. The maximum atomic E-state index is 13.3. The fourth-order valence-corrected chi connectivity index (χ4v) is 10.8. The number of rotatable bonds is 13. The Hall–Kier alpha value is -4.66. The molecule has 2 aromatic carbocycles. The predicted octanol–water partition coefficient (Wildman–Crippen LogP) is 6.43. The summed E-state index contributed by atoms with van der Waals surface area (Å²) in [5.74, 6) is -0.660. The summed E-state index contributed by atoms with van der Waals surface area (Å²) in [5.41, 5.74) is 8.57. The van der Waals surface area contributed by atoms with Crippen LogP contribution < -0.4 is 14.3 Å². The molecule has 2 fully saturated rings. The first-order valence-electron chi connectivity index (χ1n) is 18.4. The number of aromatic nitrogens is 2. The number of anilines is 2. The molecule has 2 saturated carbocycles. The normalized spacial score (nSPS) is 15.4. The summed E-state index contributed by atoms with van der Waals surface area (Å²) in [6.45, 7) is 0.192. The van der Waals surface area contributed by atoms with Gasteiger partial charge in [0.1, 0.15) is 0 Å². The number of ketones is 1. The lowest BCUT2D eigenvalue weighted by molar-refractivity contribution is 0.0600. The third kappa shape index (κ3) is 10.3. The van der Waals surface area contributed by atoms with Crippen molar-refractivity contribution in [1.82, 2.24) is 9.97 Å². The Labute approximate surface area is 318 Å². The van der Waals surface area contributed by atoms with Crippen molar-refractivity contribution < 1.29 is 31.2 Å². The van der Waals surface area contributed by atoms with E-state index in [0.717, 1.165) is 38.5 Å². The Morgan fingerprint density at radius 1 is 0.630 bits per heavy atom. The molecule has 0 saturated heterocycles. The van der Waals surface area contributed by atoms with Crippen molar-refractivity contribution in [3.63, 3.8) is 0 Å². The summed E-state index contributed by atoms with van der Waals surface area (Å²) in [6, 6.07) is 24.8. The zero-order valence-electron chi connectivity index (χ0n) is 30.6. The molecule has 0 aliphatic heterocycles. The van der Waals surface area contributed by atoms with Gasteiger partial charge in [-0.1, -0.05) is 74.9 Å². The lowest BCUT2D eigenvalue weighted by atomic mass is 10.0. The summed E-state index contributed by atoms with van der Waals surface area (Å²) in [6.07, 6.45) is 11.6. The smallest absolute Gasteiger partial charge is 0.339 e. The minimum Gasteiger partial charge on any atom is -0.465 e. The van der Waals surface area contributed by atoms with E-state index in [9.17, 15) is 26.4 Å². The number of benzene rings is 2. The summed E-state index contributed by atoms with van der Waals surface area (Å²) >= 11 is 0. The lowest BCUT2D eigenvalue weighted by Crippen LogP contribution is -2.39. The van der Waals surface area contributed by atoms with E-state index in [0.29, 0.717) is 59.6 Å². The predicted molar refractivity (Wildman–Crippen MR) is 210 cm³/mol. The van der Waals surface area contributed by atoms with E-state index in [4.69, 9.17) is 5.73 Å². The highest BCUT2D eigenvalue weighted by atomic mass is 32.2. The molecule has 6 rings (SSSR count). The molecular formula is C40H49N5O7S2. The minimum atomic E-state index is -3.50. The molecule has 288 valence electrons. The van der Waals surface area contributed by atoms with Crippen molar-refractivity contribution in [3.05, 3.63) is 120 Å². The highest BCUT2D eigenvalue weighted by Crippen LogP contribution is 2.32. The first-order chi connectivity index (χ1) is 26.0. The van der Waals surface area contributed by atoms with Crippen molar-refractivity contribution in [2.45, 2.75) is 87.8 Å². The van der Waals surface area contributed by atoms with E-state index in [1.54, 1.807) is 48.5 Å². The second-order valence-electron chi connectivity index (χ2n) is 13.5. The Bertz CT molecular complexity index is 1870. The van der Waals surface area contributed by atoms with Crippen LogP contribution in [0.4, 0.5) is 11.4 Å². The standard InChI is InChI=1S/C20H25N3O3S.C20H24N2O4S/c21-13-20(24)16-11-12-17(22-14-16)15-23(18-7-3-1-4-8-18)27(25,26)19-9-5-2-6-10-19;1-26-20(23)16-12-13-17(21-14-16)15-22(18-8-4-2-5-9-18)27(24,25)19-10-6-3-7-11-19/h1,3-4,7-8,11-12,14,19H,2,5-6,9-10,13,15,21H2;2,4-5,8-9,12-14,19H,3,6-7,10-11,15H2,1H3. The summed E-state index contributed by atoms with van der Waals surface area (Å²) in [4.78, 5) is 31.8. The van der Waals surface area contributed by atoms with Gasteiger partial charge in [0.25, 0.3) is 0 Å². The zero-order valence-corrected chi connectivity index (χ0v) is 32.3. The van der Waals surface area contributed by atoms with E-state index in [1.807, 2.05) is 36.4 Å². The number of hydrogen-bond acceptors (Lipinski definition) is 10. The number of nitrogens with zero attached hydrogens (tertiary/aromatic N) is 4. The third-order valence-electron chi connectivity index (χ3n) is 9.84. The van der Waals surface area contributed by atoms with Crippen LogP contribution >= 0.6 is 0 Å². The fraction of sp³-hybridized carbons (Fsp3) is 0.400. The van der Waals surface area contributed by atoms with Crippen molar-refractivity contribution >= 4 is 43.2 Å². The van der Waals surface area contributed by atoms with E-state index >= 15 is 0 Å². The molecule has 0 bridgehead atoms. The van der Waals surface area contributed by atoms with Gasteiger partial charge in [-0.15, -0.1) is 0 Å². The quantitative estimate of drug-likeness (QED) is 0.118. The van der Waals surface area contributed by atoms with Crippen LogP contribution in [0.2, 0.25) is 0 Å². The van der Waals surface area contributed by atoms with Crippen LogP contribution in [0.15, 0.2) is 97.3 Å². The number of esters is 1. The van der Waals surface area contributed by atoms with Gasteiger partial charge in [-0.2, -0.15) is 0 Å². The molecule has 2 aromatic heterocycles. The molecule has 0 radical (unpaired) electrons. The Kier molecular flexibility index (Phi) is 14.3. The number of pyridine rings is 2. The molecule has 0 atom stereocenters. The van der Waals surface area contributed by atoms with Crippen molar-refractivity contribution in [2.24, 2.45) is 5.73 Å². The molecule has 14 heteroatoms. The van der Waals surface area contributed by atoms with Gasteiger partial charge in [0.05, 0.1) is 65.6 Å². The van der Waals surface area contributed by atoms with Crippen LogP contribution in [-0.2, 0) is 37.9 Å². The average molecular weight is 776 g/mol. The molecule has 12 nitrogen and oxygen atoms in total. The van der Waals surface area contributed by atoms with Gasteiger partial charge < -0.3 is 10.5 Å². The number of methoxy groups -OCH3 is 1. The van der Waals surface area contributed by atoms with Crippen LogP contribution in [0, 0.1) is 0 Å². The average Bonchev–Trinajstić information content (AvgIpc) is 3.23. The number of ether oxygens (including phenoxy) is 1. The van der Waals surface area contributed by atoms with Crippen molar-refractivity contribution in [3.8, 4) is 0 Å². The Morgan fingerprint density at radius 3 is 1.39 bits per heavy atom. The molecule has 0 amide bonds. The van der Waals surface area contributed by atoms with Crippen LogP contribution in [-0.4, -0.2) is 62.7 Å². The van der Waals surface area contributed by atoms with Gasteiger partial charge in [-0.3, -0.25) is 23.4 Å². The second kappa shape index (κ2) is 19.1. The van der Waals surface area contributed by atoms with Crippen molar-refractivity contribution in [1.29, 1.82) is 0 Å². The summed E-state index contributed by atoms with van der Waals surface area (Å²) in [5, 5.41) is -0.717. The van der Waals surface area contributed by atoms with Crippen LogP contribution in [0.1, 0.15) is 96.3 Å². The van der Waals surface area contributed by atoms with Crippen LogP contribution in [0.5, 0.6) is 0 Å². The molecule has 0 spiro atoms. The monoisotopic (exact) mass is 775 g/mol. The topological polar surface area (TPSA) is 170 Å². The largest absolute Gasteiger partial charge is 0.465 e. The molecule has 2 N–H and O–H groups in total. The van der Waals surface area contributed by atoms with Gasteiger partial charge in [0.2, 0.25) is 20.0 Å². The van der Waals surface area contributed by atoms with Gasteiger partial charge in [0, 0.05) is 18.0 Å². The number of para-hydroxylation sites is 2. The van der Waals surface area contributed by atoms with E-state index in [-0.39, 0.29) is 35.9 Å². The molecular weight excluding hydrogens is 727 g/mol. The van der Waals surface area contributed by atoms with Crippen LogP contribution in [0.3, 0.4) is 0 Å². The summed E-state index contributed by atoms with van der Waals surface area (Å²) in [7, 11) is -5.70. The van der Waals surface area contributed by atoms with Gasteiger partial charge >= 0.3 is 5.97 Å². The number of Topliss-reactive ketones (excluding diaryl/α,β-unsaturated/α-hetero) is 1. The van der Waals surface area contributed by atoms with Gasteiger partial charge in [-0.05, 0) is 74.2 Å². The second-order valence-corrected chi connectivity index (χ2v) is 17.8. The molecule has 0 unspecified atom stereocenters. The van der Waals surface area contributed by atoms with E-state index < -0.39 is 26.0 Å². The Morgan fingerprint density at radius 2 is 1.04 bits per heavy atom. The highest BCUT2D eigenvalue weighted by molar-refractivity contribution is 7.93. The SMILES string of the molecule is COC(=O)c1ccc(CN(c2ccccc2)S(=O)(=O)C2CCCCC2)nc1.NCC(=O)c1ccc(CN(c2ccccc2)S(=O)(=O)C2CCCCC2)nc1. The number of sulfonamides is 2. The minimum absolute atomic E-state index is 0.0762. The molecule has 4 aromatic rings. The summed E-state index contributed by atoms with van der Waals surface area (Å²) < 4.78 is 60.9. The maximum Gasteiger partial charge on any atom is 0.339 e. The number of carbonyl (C=O) groups is 2. The number of carbonyl (C=O) groups excluding carboxylic acids is 2. The number of hydrogen-bond donors (Lipinski definition) is 1. The first kappa shape index (κ1) is 40.5. The first-order valence-corrected chi connectivity index (χ1v) is 21.4. The molecule has 54 heavy (non-hydrogen) atoms. The Balaban J connectivity index is 0.000000208. The third-order valence-corrected chi connectivity index (χ3v) is 14.4. The zero-order chi connectivity index (χ0) is 38.6. The van der Waals surface area contributed by atoms with Gasteiger partial charge in [-0.25, -0.2) is 21.6 Å². The fourth-order valence-electron chi connectivity index (χ4n) is 6.78. The molecule has 2 aliphatic carbocycles. The lowest BCUT2D eigenvalue weighted by Gasteiger charge is -2.31. The maximum absolute atomic E-state index is 13.3. The van der Waals surface area contributed by atoms with Gasteiger partial charge in [0.15, 0.2) is 5.78 Å². The molecule has 2 aliphatic rings. The molecule has 2 heterocycles.